The average molecular weight is 842 g/mol. The molecule has 5 rings (SSSR count). The van der Waals surface area contributed by atoms with Gasteiger partial charge >= 0.3 is 0 Å². The topological polar surface area (TPSA) is 169 Å². The molecule has 14 nitrogen and oxygen atoms in total. The van der Waals surface area contributed by atoms with Gasteiger partial charge in [0.05, 0.1) is 41.5 Å². The highest BCUT2D eigenvalue weighted by atomic mass is 16.7. The zero-order valence-electron chi connectivity index (χ0n) is 37.4. The van der Waals surface area contributed by atoms with Gasteiger partial charge in [0.1, 0.15) is 30.6 Å². The third kappa shape index (κ3) is 11.6. The minimum atomic E-state index is -1.56. The summed E-state index contributed by atoms with van der Waals surface area (Å²) in [4.78, 5) is 32.5. The summed E-state index contributed by atoms with van der Waals surface area (Å²) in [5.74, 6) is -1.89. The van der Waals surface area contributed by atoms with Crippen LogP contribution in [0.25, 0.3) is 0 Å². The van der Waals surface area contributed by atoms with E-state index in [1.165, 1.54) is 7.11 Å². The van der Waals surface area contributed by atoms with Crippen molar-refractivity contribution in [3.8, 4) is 5.75 Å². The Balaban J connectivity index is 1.48. The van der Waals surface area contributed by atoms with Crippen LogP contribution in [0.5, 0.6) is 5.75 Å². The number of amides is 2. The quantitative estimate of drug-likeness (QED) is 0.258. The summed E-state index contributed by atoms with van der Waals surface area (Å²) in [6.07, 6.45) is -5.76. The summed E-state index contributed by atoms with van der Waals surface area (Å²) in [5.41, 5.74) is -0.703. The minimum absolute atomic E-state index is 0.148. The van der Waals surface area contributed by atoms with Gasteiger partial charge in [-0.25, -0.2) is 0 Å². The van der Waals surface area contributed by atoms with E-state index in [0.717, 1.165) is 11.1 Å². The van der Waals surface area contributed by atoms with Crippen LogP contribution in [0.3, 0.4) is 0 Å². The predicted molar refractivity (Wildman–Crippen MR) is 226 cm³/mol. The van der Waals surface area contributed by atoms with Gasteiger partial charge in [-0.05, 0) is 83.8 Å². The number of carbonyl (C=O) groups is 2. The molecule has 3 heterocycles. The number of benzene rings is 2. The number of methoxy groups -OCH3 is 1. The predicted octanol–water partition coefficient (Wildman–Crippen LogP) is 3.91. The van der Waals surface area contributed by atoms with Gasteiger partial charge in [-0.1, -0.05) is 63.2 Å². The fourth-order valence-electron chi connectivity index (χ4n) is 9.34. The molecule has 0 aliphatic carbocycles. The summed E-state index contributed by atoms with van der Waals surface area (Å²) in [6, 6.07) is 16.2. The summed E-state index contributed by atoms with van der Waals surface area (Å²) >= 11 is 0. The molecule has 0 aromatic heterocycles. The van der Waals surface area contributed by atoms with Crippen molar-refractivity contribution in [1.82, 2.24) is 15.1 Å². The second kappa shape index (κ2) is 20.3. The number of aliphatic hydroxyl groups excluding tert-OH is 2. The second-order valence-corrected chi connectivity index (χ2v) is 18.4. The minimum Gasteiger partial charge on any atom is -0.489 e. The highest BCUT2D eigenvalue weighted by Gasteiger charge is 2.51. The number of hydrogen-bond donors (Lipinski definition) is 4. The number of aliphatic hydroxyl groups is 3. The van der Waals surface area contributed by atoms with Gasteiger partial charge < -0.3 is 58.9 Å². The van der Waals surface area contributed by atoms with Crippen LogP contribution in [0.4, 0.5) is 0 Å². The first-order valence-corrected chi connectivity index (χ1v) is 21.5. The van der Waals surface area contributed by atoms with Crippen molar-refractivity contribution >= 4 is 11.8 Å². The van der Waals surface area contributed by atoms with Crippen LogP contribution < -0.4 is 10.1 Å². The molecule has 2 amide bonds. The van der Waals surface area contributed by atoms with Crippen molar-refractivity contribution in [1.29, 1.82) is 0 Å². The van der Waals surface area contributed by atoms with Gasteiger partial charge in [-0.3, -0.25) is 9.59 Å². The van der Waals surface area contributed by atoms with Crippen LogP contribution in [0.2, 0.25) is 0 Å². The van der Waals surface area contributed by atoms with Crippen molar-refractivity contribution < 1.29 is 53.3 Å². The summed E-state index contributed by atoms with van der Waals surface area (Å²) < 4.78 is 37.8. The molecule has 4 N–H and O–H groups in total. The Morgan fingerprint density at radius 2 is 1.58 bits per heavy atom. The van der Waals surface area contributed by atoms with E-state index in [-0.39, 0.29) is 49.8 Å². The Labute approximate surface area is 356 Å². The molecule has 2 aromatic rings. The standard InChI is InChI=1S/C46H71N3O11/c1-27-23-45(6,54)41(60-44-38(50)36(48(8)9)21-28(2)57-44)29(3)39(59-37-24-46(7,55-11)40(51)31(5)58-37)30(4)42(52)47-35(43(53)49(10)25-27)22-32-17-19-34(20-18-32)56-26-33-15-13-12-14-16-33/h12-20,27-31,35-41,44,50-51,54H,21-26H2,1-11H3,(H,47,52)/t27-,28-,29+,30-,31+,35+,36+,37+,38-,39+,40+,41-,44+,45-,46-/m1/s1. The largest absolute Gasteiger partial charge is 0.489 e. The van der Waals surface area contributed by atoms with E-state index in [4.69, 9.17) is 28.4 Å². The second-order valence-electron chi connectivity index (χ2n) is 18.4. The number of nitrogens with zero attached hydrogens (tertiary/aromatic N) is 2. The molecule has 0 spiro atoms. The van der Waals surface area contributed by atoms with Gasteiger partial charge in [-0.15, -0.1) is 0 Å². The van der Waals surface area contributed by atoms with Crippen LogP contribution >= 0.6 is 0 Å². The molecule has 336 valence electrons. The van der Waals surface area contributed by atoms with Crippen LogP contribution in [0, 0.1) is 17.8 Å². The van der Waals surface area contributed by atoms with Gasteiger partial charge in [-0.2, -0.15) is 0 Å². The molecule has 3 fully saturated rings. The molecule has 3 saturated heterocycles. The molecular formula is C46H71N3O11. The highest BCUT2D eigenvalue weighted by Crippen LogP contribution is 2.39. The van der Waals surface area contributed by atoms with Gasteiger partial charge in [0.15, 0.2) is 12.6 Å². The lowest BCUT2D eigenvalue weighted by Gasteiger charge is -2.48. The Bertz CT molecular complexity index is 1680. The molecule has 15 atom stereocenters. The zero-order valence-corrected chi connectivity index (χ0v) is 37.4. The van der Waals surface area contributed by atoms with Gasteiger partial charge in [0.2, 0.25) is 11.8 Å². The van der Waals surface area contributed by atoms with Crippen LogP contribution in [-0.2, 0) is 46.3 Å². The molecule has 0 bridgehead atoms. The molecule has 2 aromatic carbocycles. The fraction of sp³-hybridized carbons (Fsp3) is 0.696. The van der Waals surface area contributed by atoms with Crippen molar-refractivity contribution in [3.05, 3.63) is 65.7 Å². The third-order valence-corrected chi connectivity index (χ3v) is 12.8. The lowest BCUT2D eigenvalue weighted by molar-refractivity contribution is -0.317. The fourth-order valence-corrected chi connectivity index (χ4v) is 9.34. The molecule has 60 heavy (non-hydrogen) atoms. The van der Waals surface area contributed by atoms with Crippen LogP contribution in [0.15, 0.2) is 54.6 Å². The molecule has 3 aliphatic rings. The van der Waals surface area contributed by atoms with Gasteiger partial charge in [0.25, 0.3) is 0 Å². The number of hydrogen-bond acceptors (Lipinski definition) is 12. The number of nitrogens with one attached hydrogen (secondary N) is 1. The maximum atomic E-state index is 14.6. The third-order valence-electron chi connectivity index (χ3n) is 12.8. The van der Waals surface area contributed by atoms with Crippen molar-refractivity contribution in [3.63, 3.8) is 0 Å². The SMILES string of the molecule is CO[C@]1(C)C[C@H](O[C@H]2[C@H](C)[C@@H](O[C@@H]3O[C@H](C)C[C@H](N(C)C)[C@H]3O)[C@](C)(O)C[C@@H](C)CN(C)C(=O)[C@H](Cc3ccc(OCc4ccccc4)cc3)NC(=O)[C@@H]2C)O[C@@H](C)[C@@H]1O. The lowest BCUT2D eigenvalue weighted by Crippen LogP contribution is -2.60. The molecule has 0 unspecified atom stereocenters. The Morgan fingerprint density at radius 1 is 0.917 bits per heavy atom. The Hall–Kier alpha value is -3.18. The van der Waals surface area contributed by atoms with E-state index in [1.54, 1.807) is 39.6 Å². The van der Waals surface area contributed by atoms with Crippen molar-refractivity contribution in [2.75, 3.05) is 34.8 Å². The number of rotatable bonds is 11. The molecular weight excluding hydrogens is 771 g/mol. The summed E-state index contributed by atoms with van der Waals surface area (Å²) in [5, 5.41) is 38.2. The number of likely N-dealkylation sites (N-methyl/N-ethyl adjacent to an activating group) is 2. The van der Waals surface area contributed by atoms with E-state index in [0.29, 0.717) is 18.8 Å². The Morgan fingerprint density at radius 3 is 2.22 bits per heavy atom. The normalized spacial score (nSPS) is 38.7. The van der Waals surface area contributed by atoms with Crippen molar-refractivity contribution in [2.24, 2.45) is 17.8 Å². The maximum Gasteiger partial charge on any atom is 0.245 e. The van der Waals surface area contributed by atoms with E-state index >= 15 is 0 Å². The van der Waals surface area contributed by atoms with E-state index in [1.807, 2.05) is 94.4 Å². The molecule has 3 aliphatic heterocycles. The Kier molecular flexibility index (Phi) is 16.2. The highest BCUT2D eigenvalue weighted by molar-refractivity contribution is 5.88. The first-order chi connectivity index (χ1) is 28.2. The molecule has 14 heteroatoms. The number of carbonyl (C=O) groups excluding carboxylic acids is 2. The zero-order chi connectivity index (χ0) is 44.1. The van der Waals surface area contributed by atoms with Crippen molar-refractivity contribution in [2.45, 2.75) is 153 Å². The van der Waals surface area contributed by atoms with E-state index in [9.17, 15) is 24.9 Å². The van der Waals surface area contributed by atoms with Crippen LogP contribution in [-0.4, -0.2) is 144 Å². The first kappa shape index (κ1) is 47.9. The smallest absolute Gasteiger partial charge is 0.245 e. The molecule has 0 saturated carbocycles. The van der Waals surface area contributed by atoms with Gasteiger partial charge in [0, 0.05) is 45.5 Å². The summed E-state index contributed by atoms with van der Waals surface area (Å²) in [7, 11) is 7.01. The number of ether oxygens (including phenoxy) is 6. The monoisotopic (exact) mass is 842 g/mol. The molecule has 0 radical (unpaired) electrons. The van der Waals surface area contributed by atoms with E-state index < -0.39 is 78.1 Å². The summed E-state index contributed by atoms with van der Waals surface area (Å²) in [6.45, 7) is 13.4. The first-order valence-electron chi connectivity index (χ1n) is 21.5. The van der Waals surface area contributed by atoms with Crippen LogP contribution in [0.1, 0.15) is 78.9 Å². The van der Waals surface area contributed by atoms with E-state index in [2.05, 4.69) is 5.32 Å². The maximum absolute atomic E-state index is 14.6. The average Bonchev–Trinajstić information content (AvgIpc) is 3.20. The lowest BCUT2D eigenvalue weighted by atomic mass is 9.77.